The van der Waals surface area contributed by atoms with E-state index in [1.807, 2.05) is 13.0 Å². The van der Waals surface area contributed by atoms with Gasteiger partial charge < -0.3 is 15.4 Å². The van der Waals surface area contributed by atoms with Crippen molar-refractivity contribution in [1.29, 1.82) is 0 Å². The average molecular weight is 455 g/mol. The first kappa shape index (κ1) is 21.9. The minimum Gasteiger partial charge on any atom is -0.430 e. The number of aromatic nitrogens is 2. The number of primary amides is 1. The Hall–Kier alpha value is -3.33. The number of carbonyl (C=O) groups excluding carboxylic acids is 2. The molecule has 166 valence electrons. The van der Waals surface area contributed by atoms with E-state index in [1.165, 1.54) is 12.1 Å². The van der Waals surface area contributed by atoms with Crippen LogP contribution >= 0.6 is 11.5 Å². The number of halogens is 1. The highest BCUT2D eigenvalue weighted by Crippen LogP contribution is 2.29. The number of amides is 2. The molecule has 0 bridgehead atoms. The van der Waals surface area contributed by atoms with Crippen LogP contribution in [-0.2, 0) is 11.2 Å². The van der Waals surface area contributed by atoms with E-state index < -0.39 is 0 Å². The molecule has 4 rings (SSSR count). The molecule has 0 atom stereocenters. The molecule has 2 heterocycles. The molecule has 2 N–H and O–H groups in total. The zero-order valence-corrected chi connectivity index (χ0v) is 18.4. The summed E-state index contributed by atoms with van der Waals surface area (Å²) < 4.78 is 23.3. The predicted octanol–water partition coefficient (Wildman–Crippen LogP) is 3.71. The Bertz CT molecular complexity index is 1120. The lowest BCUT2D eigenvalue weighted by molar-refractivity contribution is -0.123. The van der Waals surface area contributed by atoms with Gasteiger partial charge in [0.1, 0.15) is 11.6 Å². The van der Waals surface area contributed by atoms with E-state index in [0.717, 1.165) is 22.7 Å². The minimum absolute atomic E-state index is 0.105. The van der Waals surface area contributed by atoms with Gasteiger partial charge in [-0.3, -0.25) is 9.59 Å². The van der Waals surface area contributed by atoms with Crippen LogP contribution in [0.25, 0.3) is 0 Å². The molecule has 3 aromatic rings. The summed E-state index contributed by atoms with van der Waals surface area (Å²) >= 11 is 1.12. The lowest BCUT2D eigenvalue weighted by Gasteiger charge is -2.30. The van der Waals surface area contributed by atoms with Crippen molar-refractivity contribution in [2.45, 2.75) is 26.2 Å². The van der Waals surface area contributed by atoms with Crippen LogP contribution in [0.3, 0.4) is 0 Å². The van der Waals surface area contributed by atoms with Crippen LogP contribution in [0.1, 0.15) is 40.2 Å². The Kier molecular flexibility index (Phi) is 6.45. The van der Waals surface area contributed by atoms with E-state index in [1.54, 1.807) is 29.2 Å². The number of nitrogens with two attached hydrogens (primary N) is 1. The summed E-state index contributed by atoms with van der Waals surface area (Å²) in [7, 11) is 0. The summed E-state index contributed by atoms with van der Waals surface area (Å²) in [6.07, 6.45) is 1.63. The maximum absolute atomic E-state index is 13.1. The highest BCUT2D eigenvalue weighted by molar-refractivity contribution is 7.07. The normalized spacial score (nSPS) is 14.4. The molecule has 0 aliphatic carbocycles. The number of hydrogen-bond acceptors (Lipinski definition) is 6. The summed E-state index contributed by atoms with van der Waals surface area (Å²) in [4.78, 5) is 30.4. The Balaban J connectivity index is 1.43. The van der Waals surface area contributed by atoms with Gasteiger partial charge in [0, 0.05) is 42.5 Å². The number of carbonyl (C=O) groups is 2. The largest absolute Gasteiger partial charge is 0.430 e. The molecule has 0 radical (unpaired) electrons. The van der Waals surface area contributed by atoms with Crippen LogP contribution in [0.4, 0.5) is 4.39 Å². The van der Waals surface area contributed by atoms with E-state index in [4.69, 9.17) is 10.5 Å². The van der Waals surface area contributed by atoms with Gasteiger partial charge in [-0.25, -0.2) is 4.39 Å². The second-order valence-corrected chi connectivity index (χ2v) is 8.55. The second-order valence-electron chi connectivity index (χ2n) is 7.83. The van der Waals surface area contributed by atoms with Crippen molar-refractivity contribution in [2.75, 3.05) is 13.1 Å². The van der Waals surface area contributed by atoms with Gasteiger partial charge in [0.2, 0.25) is 5.91 Å². The van der Waals surface area contributed by atoms with Crippen molar-refractivity contribution in [3.8, 4) is 10.9 Å². The average Bonchev–Trinajstić information content (AvgIpc) is 3.23. The smallest absolute Gasteiger partial charge is 0.298 e. The first-order valence-corrected chi connectivity index (χ1v) is 11.1. The van der Waals surface area contributed by atoms with Gasteiger partial charge in [0.05, 0.1) is 0 Å². The Labute approximate surface area is 189 Å². The van der Waals surface area contributed by atoms with Gasteiger partial charge in [-0.15, -0.1) is 0 Å². The highest BCUT2D eigenvalue weighted by atomic mass is 32.1. The molecule has 1 aromatic heterocycles. The summed E-state index contributed by atoms with van der Waals surface area (Å²) in [5, 5.41) is 0.372. The van der Waals surface area contributed by atoms with Crippen molar-refractivity contribution in [3.05, 3.63) is 70.8 Å². The molecular weight excluding hydrogens is 431 g/mol. The standard InChI is InChI=1S/C23H23FN4O3S/c1-14-2-5-17(22(30)28-10-8-16(9-11-28)21(25)29)13-19(14)31-23-26-20(27-32-23)12-15-3-6-18(24)7-4-15/h2-7,13,16H,8-12H2,1H3,(H2,25,29). The Morgan fingerprint density at radius 2 is 1.91 bits per heavy atom. The monoisotopic (exact) mass is 454 g/mol. The van der Waals surface area contributed by atoms with Gasteiger partial charge >= 0.3 is 0 Å². The highest BCUT2D eigenvalue weighted by Gasteiger charge is 2.26. The van der Waals surface area contributed by atoms with Crippen LogP contribution in [0, 0.1) is 18.7 Å². The summed E-state index contributed by atoms with van der Waals surface area (Å²) in [5.74, 6) is 0.251. The fraction of sp³-hybridized carbons (Fsp3) is 0.304. The fourth-order valence-corrected chi connectivity index (χ4v) is 4.18. The molecule has 2 amide bonds. The van der Waals surface area contributed by atoms with Crippen LogP contribution in [0.5, 0.6) is 10.9 Å². The van der Waals surface area contributed by atoms with Crippen molar-refractivity contribution < 1.29 is 18.7 Å². The third-order valence-electron chi connectivity index (χ3n) is 5.54. The van der Waals surface area contributed by atoms with Crippen LogP contribution in [0.2, 0.25) is 0 Å². The topological polar surface area (TPSA) is 98.4 Å². The van der Waals surface area contributed by atoms with Crippen molar-refractivity contribution >= 4 is 23.3 Å². The zero-order chi connectivity index (χ0) is 22.7. The minimum atomic E-state index is -0.307. The van der Waals surface area contributed by atoms with Crippen molar-refractivity contribution in [1.82, 2.24) is 14.3 Å². The molecule has 0 saturated carbocycles. The van der Waals surface area contributed by atoms with E-state index in [2.05, 4.69) is 9.36 Å². The molecular formula is C23H23FN4O3S. The molecule has 0 unspecified atom stereocenters. The SMILES string of the molecule is Cc1ccc(C(=O)N2CCC(C(N)=O)CC2)cc1Oc1nc(Cc2ccc(F)cc2)ns1. The van der Waals surface area contributed by atoms with E-state index >= 15 is 0 Å². The van der Waals surface area contributed by atoms with Crippen molar-refractivity contribution in [3.63, 3.8) is 0 Å². The van der Waals surface area contributed by atoms with Gasteiger partial charge in [-0.1, -0.05) is 18.2 Å². The Morgan fingerprint density at radius 1 is 1.19 bits per heavy atom. The van der Waals surface area contributed by atoms with E-state index in [9.17, 15) is 14.0 Å². The first-order chi connectivity index (χ1) is 15.4. The molecule has 7 nitrogen and oxygen atoms in total. The fourth-order valence-electron chi connectivity index (χ4n) is 3.62. The third-order valence-corrected chi connectivity index (χ3v) is 6.17. The second kappa shape index (κ2) is 9.44. The van der Waals surface area contributed by atoms with Gasteiger partial charge in [0.25, 0.3) is 11.1 Å². The maximum atomic E-state index is 13.1. The third kappa shape index (κ3) is 5.11. The van der Waals surface area contributed by atoms with Crippen LogP contribution in [-0.4, -0.2) is 39.2 Å². The predicted molar refractivity (Wildman–Crippen MR) is 118 cm³/mol. The number of ether oxygens (including phenoxy) is 1. The lowest BCUT2D eigenvalue weighted by atomic mass is 9.96. The quantitative estimate of drug-likeness (QED) is 0.612. The van der Waals surface area contributed by atoms with Crippen molar-refractivity contribution in [2.24, 2.45) is 11.7 Å². The van der Waals surface area contributed by atoms with Gasteiger partial charge in [-0.2, -0.15) is 9.36 Å². The molecule has 9 heteroatoms. The molecule has 1 aliphatic heterocycles. The molecule has 1 saturated heterocycles. The lowest BCUT2D eigenvalue weighted by Crippen LogP contribution is -2.41. The molecule has 1 aliphatic rings. The maximum Gasteiger partial charge on any atom is 0.298 e. The number of aryl methyl sites for hydroxylation is 1. The number of likely N-dealkylation sites (tertiary alicyclic amines) is 1. The molecule has 1 fully saturated rings. The van der Waals surface area contributed by atoms with Crippen LogP contribution in [0.15, 0.2) is 42.5 Å². The van der Waals surface area contributed by atoms with Gasteiger partial charge in [-0.05, 0) is 55.2 Å². The summed E-state index contributed by atoms with van der Waals surface area (Å²) in [5.41, 5.74) is 7.66. The number of piperidine rings is 1. The van der Waals surface area contributed by atoms with E-state index in [-0.39, 0.29) is 23.5 Å². The van der Waals surface area contributed by atoms with Crippen LogP contribution < -0.4 is 10.5 Å². The number of nitrogens with zero attached hydrogens (tertiary/aromatic N) is 3. The summed E-state index contributed by atoms with van der Waals surface area (Å²) in [6, 6.07) is 11.5. The Morgan fingerprint density at radius 3 is 2.59 bits per heavy atom. The molecule has 2 aromatic carbocycles. The van der Waals surface area contributed by atoms with Gasteiger partial charge in [0.15, 0.2) is 5.82 Å². The van der Waals surface area contributed by atoms with E-state index in [0.29, 0.717) is 54.7 Å². The summed E-state index contributed by atoms with van der Waals surface area (Å²) in [6.45, 7) is 2.89. The first-order valence-electron chi connectivity index (χ1n) is 10.3. The molecule has 32 heavy (non-hydrogen) atoms. The number of benzene rings is 2. The number of hydrogen-bond donors (Lipinski definition) is 1. The zero-order valence-electron chi connectivity index (χ0n) is 17.6. The number of rotatable bonds is 6. The molecule has 0 spiro atoms.